The third-order valence-electron chi connectivity index (χ3n) is 3.74. The first-order chi connectivity index (χ1) is 9.67. The Kier molecular flexibility index (Phi) is 4.67. The van der Waals surface area contributed by atoms with Crippen molar-refractivity contribution >= 4 is 5.69 Å². The molecule has 2 nitrogen and oxygen atoms in total. The van der Waals surface area contributed by atoms with Crippen molar-refractivity contribution in [1.29, 1.82) is 0 Å². The molecule has 0 saturated carbocycles. The summed E-state index contributed by atoms with van der Waals surface area (Å²) in [6.07, 6.45) is 2.90. The number of hydrogen-bond donors (Lipinski definition) is 1. The van der Waals surface area contributed by atoms with E-state index in [9.17, 15) is 0 Å². The van der Waals surface area contributed by atoms with Crippen LogP contribution in [0.4, 0.5) is 5.69 Å². The van der Waals surface area contributed by atoms with Crippen molar-refractivity contribution < 1.29 is 4.74 Å². The van der Waals surface area contributed by atoms with Crippen molar-refractivity contribution in [2.75, 3.05) is 12.8 Å². The van der Waals surface area contributed by atoms with Gasteiger partial charge in [0.1, 0.15) is 5.75 Å². The predicted molar refractivity (Wildman–Crippen MR) is 85.4 cm³/mol. The molecule has 0 saturated heterocycles. The number of aryl methyl sites for hydroxylation is 2. The molecule has 0 radical (unpaired) electrons. The van der Waals surface area contributed by atoms with Crippen LogP contribution in [0.1, 0.15) is 36.1 Å². The van der Waals surface area contributed by atoms with Gasteiger partial charge in [0, 0.05) is 5.69 Å². The maximum Gasteiger partial charge on any atom is 0.118 e. The topological polar surface area (TPSA) is 35.2 Å². The fourth-order valence-electron chi connectivity index (χ4n) is 2.52. The van der Waals surface area contributed by atoms with Gasteiger partial charge in [0.15, 0.2) is 0 Å². The van der Waals surface area contributed by atoms with Gasteiger partial charge in [-0.25, -0.2) is 0 Å². The van der Waals surface area contributed by atoms with Crippen LogP contribution in [0.5, 0.6) is 5.75 Å². The minimum Gasteiger partial charge on any atom is -0.497 e. The van der Waals surface area contributed by atoms with Crippen LogP contribution in [0, 0.1) is 0 Å². The highest BCUT2D eigenvalue weighted by molar-refractivity contribution is 5.56. The zero-order valence-corrected chi connectivity index (χ0v) is 12.6. The highest BCUT2D eigenvalue weighted by Crippen LogP contribution is 2.24. The normalized spacial score (nSPS) is 10.6. The lowest BCUT2D eigenvalue weighted by atomic mass is 9.96. The molecule has 0 atom stereocenters. The maximum absolute atomic E-state index is 6.19. The number of nitrogen functional groups attached to an aromatic ring is 1. The van der Waals surface area contributed by atoms with Gasteiger partial charge in [-0.2, -0.15) is 0 Å². The maximum atomic E-state index is 6.19. The fraction of sp³-hybridized carbons (Fsp3) is 0.333. The molecule has 0 spiro atoms. The molecule has 2 aromatic rings. The lowest BCUT2D eigenvalue weighted by Gasteiger charge is -2.12. The van der Waals surface area contributed by atoms with Crippen molar-refractivity contribution in [3.8, 4) is 5.75 Å². The number of rotatable bonds is 5. The van der Waals surface area contributed by atoms with E-state index in [0.29, 0.717) is 0 Å². The van der Waals surface area contributed by atoms with E-state index in [1.807, 2.05) is 12.1 Å². The van der Waals surface area contributed by atoms with E-state index in [4.69, 9.17) is 10.5 Å². The number of anilines is 1. The summed E-state index contributed by atoms with van der Waals surface area (Å²) in [4.78, 5) is 0. The fourth-order valence-corrected chi connectivity index (χ4v) is 2.52. The van der Waals surface area contributed by atoms with Crippen LogP contribution in [0.3, 0.4) is 0 Å². The monoisotopic (exact) mass is 269 g/mol. The first-order valence-electron chi connectivity index (χ1n) is 7.21. The Morgan fingerprint density at radius 1 is 0.900 bits per heavy atom. The molecule has 0 heterocycles. The van der Waals surface area contributed by atoms with Crippen LogP contribution < -0.4 is 10.5 Å². The van der Waals surface area contributed by atoms with Gasteiger partial charge in [-0.3, -0.25) is 0 Å². The van der Waals surface area contributed by atoms with Crippen molar-refractivity contribution in [2.45, 2.75) is 33.1 Å². The Hall–Kier alpha value is -1.96. The van der Waals surface area contributed by atoms with Crippen molar-refractivity contribution in [3.05, 3.63) is 58.7 Å². The third-order valence-corrected chi connectivity index (χ3v) is 3.74. The molecule has 0 aliphatic carbocycles. The highest BCUT2D eigenvalue weighted by atomic mass is 16.5. The average Bonchev–Trinajstić information content (AvgIpc) is 2.49. The molecule has 0 aromatic heterocycles. The van der Waals surface area contributed by atoms with Crippen molar-refractivity contribution in [3.63, 3.8) is 0 Å². The zero-order valence-electron chi connectivity index (χ0n) is 12.6. The number of ether oxygens (including phenoxy) is 1. The molecule has 0 bridgehead atoms. The van der Waals surface area contributed by atoms with E-state index in [1.54, 1.807) is 7.11 Å². The SMILES string of the molecule is CCc1cc(Cc2ccc(OC)cc2)cc(CC)c1N. The standard InChI is InChI=1S/C18H23NO/c1-4-15-11-14(12-16(5-2)18(15)19)10-13-6-8-17(20-3)9-7-13/h6-9,11-12H,4-5,10,19H2,1-3H3. The van der Waals surface area contributed by atoms with Crippen LogP contribution in [-0.2, 0) is 19.3 Å². The van der Waals surface area contributed by atoms with E-state index in [2.05, 4.69) is 38.1 Å². The Morgan fingerprint density at radius 2 is 1.45 bits per heavy atom. The molecule has 2 aromatic carbocycles. The number of nitrogens with two attached hydrogens (primary N) is 1. The summed E-state index contributed by atoms with van der Waals surface area (Å²) >= 11 is 0. The van der Waals surface area contributed by atoms with E-state index in [-0.39, 0.29) is 0 Å². The van der Waals surface area contributed by atoms with Gasteiger partial charge in [0.2, 0.25) is 0 Å². The van der Waals surface area contributed by atoms with Gasteiger partial charge in [-0.1, -0.05) is 38.1 Å². The Labute approximate surface area is 121 Å². The quantitative estimate of drug-likeness (QED) is 0.833. The predicted octanol–water partition coefficient (Wildman–Crippen LogP) is 3.99. The molecule has 0 aliphatic heterocycles. The molecule has 2 heteroatoms. The second-order valence-corrected chi connectivity index (χ2v) is 5.06. The average molecular weight is 269 g/mol. The van der Waals surface area contributed by atoms with E-state index < -0.39 is 0 Å². The van der Waals surface area contributed by atoms with Crippen LogP contribution in [0.15, 0.2) is 36.4 Å². The molecule has 106 valence electrons. The van der Waals surface area contributed by atoms with Gasteiger partial charge in [-0.05, 0) is 53.6 Å². The summed E-state index contributed by atoms with van der Waals surface area (Å²) in [7, 11) is 1.69. The summed E-state index contributed by atoms with van der Waals surface area (Å²) in [5.74, 6) is 0.898. The third kappa shape index (κ3) is 3.13. The van der Waals surface area contributed by atoms with Gasteiger partial charge in [0.25, 0.3) is 0 Å². The molecule has 2 rings (SSSR count). The molecule has 0 fully saturated rings. The second-order valence-electron chi connectivity index (χ2n) is 5.06. The summed E-state index contributed by atoms with van der Waals surface area (Å²) in [5.41, 5.74) is 12.3. The lowest BCUT2D eigenvalue weighted by Crippen LogP contribution is -2.01. The van der Waals surface area contributed by atoms with Crippen LogP contribution in [-0.4, -0.2) is 7.11 Å². The van der Waals surface area contributed by atoms with E-state index in [0.717, 1.165) is 30.7 Å². The largest absolute Gasteiger partial charge is 0.497 e. The number of benzene rings is 2. The second kappa shape index (κ2) is 6.47. The summed E-state index contributed by atoms with van der Waals surface area (Å²) in [5, 5.41) is 0. The first kappa shape index (κ1) is 14.4. The molecule has 0 amide bonds. The lowest BCUT2D eigenvalue weighted by molar-refractivity contribution is 0.414. The van der Waals surface area contributed by atoms with Gasteiger partial charge in [0.05, 0.1) is 7.11 Å². The van der Waals surface area contributed by atoms with Crippen LogP contribution >= 0.6 is 0 Å². The first-order valence-corrected chi connectivity index (χ1v) is 7.21. The number of hydrogen-bond acceptors (Lipinski definition) is 2. The highest BCUT2D eigenvalue weighted by Gasteiger charge is 2.06. The molecule has 20 heavy (non-hydrogen) atoms. The Bertz CT molecular complexity index is 547. The van der Waals surface area contributed by atoms with Crippen molar-refractivity contribution in [2.24, 2.45) is 0 Å². The number of methoxy groups -OCH3 is 1. The minimum absolute atomic E-state index is 0.898. The minimum atomic E-state index is 0.898. The van der Waals surface area contributed by atoms with Crippen molar-refractivity contribution in [1.82, 2.24) is 0 Å². The molecule has 0 unspecified atom stereocenters. The van der Waals surface area contributed by atoms with Gasteiger partial charge in [-0.15, -0.1) is 0 Å². The molecular formula is C18H23NO. The molecular weight excluding hydrogens is 246 g/mol. The summed E-state index contributed by atoms with van der Waals surface area (Å²) in [6, 6.07) is 12.7. The zero-order chi connectivity index (χ0) is 14.5. The molecule has 2 N–H and O–H groups in total. The van der Waals surface area contributed by atoms with Crippen LogP contribution in [0.2, 0.25) is 0 Å². The smallest absolute Gasteiger partial charge is 0.118 e. The summed E-state index contributed by atoms with van der Waals surface area (Å²) < 4.78 is 5.19. The van der Waals surface area contributed by atoms with Gasteiger partial charge < -0.3 is 10.5 Å². The van der Waals surface area contributed by atoms with Gasteiger partial charge >= 0.3 is 0 Å². The Morgan fingerprint density at radius 3 is 1.90 bits per heavy atom. The molecule has 0 aliphatic rings. The summed E-state index contributed by atoms with van der Waals surface area (Å²) in [6.45, 7) is 4.31. The van der Waals surface area contributed by atoms with Crippen LogP contribution in [0.25, 0.3) is 0 Å². The van der Waals surface area contributed by atoms with E-state index in [1.165, 1.54) is 22.3 Å². The van der Waals surface area contributed by atoms with E-state index >= 15 is 0 Å². The Balaban J connectivity index is 2.27.